The van der Waals surface area contributed by atoms with E-state index >= 15 is 0 Å². The standard InChI is InChI=1S/C56H42BN2O3/c1-55(2,3)30-15-18-32(19-16-30)58-42-27-40-38-25-31(56(4,5)6)17-23-47(38)62-49(40)28-37(42)34-20-21-36-51-43(22-24-48-52(51)35-12-8-10-14-46(35)60-48)59-44-29-50-39(26-41(44)57-53(34)54(36)59)33-11-7-9-13-45(33)61-50/h7-29,58H,1-6H3. The molecule has 5 nitrogen and oxygen atoms in total. The number of rotatable bonds is 3. The van der Waals surface area contributed by atoms with Crippen LogP contribution >= 0.6 is 0 Å². The van der Waals surface area contributed by atoms with Crippen LogP contribution in [-0.2, 0) is 10.8 Å². The summed E-state index contributed by atoms with van der Waals surface area (Å²) < 4.78 is 22.2. The Balaban J connectivity index is 1.12. The number of benzene rings is 8. The van der Waals surface area contributed by atoms with E-state index in [2.05, 4.69) is 186 Å². The van der Waals surface area contributed by atoms with Gasteiger partial charge in [0.2, 0.25) is 0 Å². The van der Waals surface area contributed by atoms with Gasteiger partial charge in [0, 0.05) is 77.3 Å². The van der Waals surface area contributed by atoms with Crippen molar-refractivity contribution in [3.8, 4) is 16.8 Å². The summed E-state index contributed by atoms with van der Waals surface area (Å²) in [5, 5.41) is 12.9. The third-order valence-electron chi connectivity index (χ3n) is 13.3. The second-order valence-corrected chi connectivity index (χ2v) is 19.2. The SMILES string of the molecule is CC(C)(C)c1ccc(Nc2cc3c(cc2-c2ccc4c5c6c(ccc5n5c4c2[B]c2cc4c(cc2-5)oc2ccccc24)oc2ccccc26)oc2ccc(C(C)(C)C)cc23)cc1. The molecule has 12 aromatic rings. The molecule has 0 atom stereocenters. The van der Waals surface area contributed by atoms with Crippen LogP contribution in [-0.4, -0.2) is 11.8 Å². The summed E-state index contributed by atoms with van der Waals surface area (Å²) in [5.74, 6) is 0. The Morgan fingerprint density at radius 3 is 1.87 bits per heavy atom. The fourth-order valence-electron chi connectivity index (χ4n) is 10.1. The molecule has 6 heteroatoms. The lowest BCUT2D eigenvalue weighted by atomic mass is 9.59. The molecule has 1 radical (unpaired) electrons. The van der Waals surface area contributed by atoms with Crippen molar-refractivity contribution < 1.29 is 13.3 Å². The average Bonchev–Trinajstić information content (AvgIpc) is 4.01. The van der Waals surface area contributed by atoms with Gasteiger partial charge in [0.25, 0.3) is 0 Å². The zero-order chi connectivity index (χ0) is 41.8. The highest BCUT2D eigenvalue weighted by Gasteiger charge is 2.30. The van der Waals surface area contributed by atoms with Crippen LogP contribution in [0.2, 0.25) is 0 Å². The lowest BCUT2D eigenvalue weighted by Gasteiger charge is -2.24. The molecule has 4 aromatic heterocycles. The maximum atomic E-state index is 6.74. The van der Waals surface area contributed by atoms with Gasteiger partial charge in [0.15, 0.2) is 7.28 Å². The van der Waals surface area contributed by atoms with Gasteiger partial charge in [0.05, 0.1) is 5.52 Å². The first-order chi connectivity index (χ1) is 30.0. The molecular weight excluding hydrogens is 759 g/mol. The summed E-state index contributed by atoms with van der Waals surface area (Å²) in [5.41, 5.74) is 17.8. The third kappa shape index (κ3) is 5.04. The van der Waals surface area contributed by atoms with Crippen LogP contribution in [0, 0.1) is 0 Å². The van der Waals surface area contributed by atoms with E-state index in [1.165, 1.54) is 21.9 Å². The molecule has 297 valence electrons. The van der Waals surface area contributed by atoms with E-state index < -0.39 is 0 Å². The largest absolute Gasteiger partial charge is 0.456 e. The minimum atomic E-state index is -0.00108. The van der Waals surface area contributed by atoms with Gasteiger partial charge in [-0.25, -0.2) is 0 Å². The van der Waals surface area contributed by atoms with E-state index in [1.807, 2.05) is 12.1 Å². The van der Waals surface area contributed by atoms with Crippen LogP contribution in [0.25, 0.3) is 104 Å². The first-order valence-electron chi connectivity index (χ1n) is 21.6. The molecular formula is C56H42BN2O3. The Morgan fingerprint density at radius 1 is 0.468 bits per heavy atom. The van der Waals surface area contributed by atoms with Crippen molar-refractivity contribution >= 4 is 117 Å². The lowest BCUT2D eigenvalue weighted by molar-refractivity contribution is 0.590. The molecule has 13 rings (SSSR count). The molecule has 0 amide bonds. The predicted octanol–water partition coefficient (Wildman–Crippen LogP) is 14.5. The number of hydrogen-bond acceptors (Lipinski definition) is 4. The van der Waals surface area contributed by atoms with Crippen LogP contribution in [0.15, 0.2) is 153 Å². The molecule has 0 bridgehead atoms. The lowest BCUT2D eigenvalue weighted by Crippen LogP contribution is -2.37. The zero-order valence-electron chi connectivity index (χ0n) is 35.5. The van der Waals surface area contributed by atoms with Gasteiger partial charge in [-0.2, -0.15) is 0 Å². The van der Waals surface area contributed by atoms with Crippen molar-refractivity contribution in [2.24, 2.45) is 0 Å². The van der Waals surface area contributed by atoms with Gasteiger partial charge < -0.3 is 23.1 Å². The molecule has 0 aliphatic carbocycles. The third-order valence-corrected chi connectivity index (χ3v) is 13.3. The van der Waals surface area contributed by atoms with Crippen molar-refractivity contribution in [1.82, 2.24) is 4.57 Å². The predicted molar refractivity (Wildman–Crippen MR) is 260 cm³/mol. The summed E-state index contributed by atoms with van der Waals surface area (Å²) >= 11 is 0. The van der Waals surface area contributed by atoms with E-state index in [9.17, 15) is 0 Å². The number of anilines is 2. The van der Waals surface area contributed by atoms with Crippen LogP contribution in [0.3, 0.4) is 0 Å². The Morgan fingerprint density at radius 2 is 1.10 bits per heavy atom. The van der Waals surface area contributed by atoms with Crippen LogP contribution in [0.1, 0.15) is 52.7 Å². The minimum absolute atomic E-state index is 0.00108. The van der Waals surface area contributed by atoms with Gasteiger partial charge in [0.1, 0.15) is 33.5 Å². The molecule has 0 unspecified atom stereocenters. The molecule has 5 heterocycles. The number of furan rings is 3. The molecule has 1 aliphatic rings. The fraction of sp³-hybridized carbons (Fsp3) is 0.143. The highest BCUT2D eigenvalue weighted by Crippen LogP contribution is 2.45. The Hall–Kier alpha value is -7.18. The number of aromatic nitrogens is 1. The van der Waals surface area contributed by atoms with Gasteiger partial charge in [-0.1, -0.05) is 120 Å². The van der Waals surface area contributed by atoms with Crippen molar-refractivity contribution in [2.45, 2.75) is 52.4 Å². The molecule has 0 spiro atoms. The molecule has 0 saturated heterocycles. The van der Waals surface area contributed by atoms with Gasteiger partial charge in [-0.3, -0.25) is 0 Å². The average molecular weight is 802 g/mol. The number of fused-ring (bicyclic) bond motifs is 15. The highest BCUT2D eigenvalue weighted by molar-refractivity contribution is 6.74. The Labute approximate surface area is 358 Å². The molecule has 1 N–H and O–H groups in total. The molecule has 8 aromatic carbocycles. The van der Waals surface area contributed by atoms with Crippen molar-refractivity contribution in [1.29, 1.82) is 0 Å². The van der Waals surface area contributed by atoms with Gasteiger partial charge in [-0.15, -0.1) is 0 Å². The molecule has 62 heavy (non-hydrogen) atoms. The maximum Gasteiger partial charge on any atom is 0.197 e. The summed E-state index contributed by atoms with van der Waals surface area (Å²) in [7, 11) is 2.39. The quantitative estimate of drug-likeness (QED) is 0.181. The normalized spacial score (nSPS) is 13.1. The van der Waals surface area contributed by atoms with E-state index in [1.54, 1.807) is 0 Å². The van der Waals surface area contributed by atoms with Gasteiger partial charge >= 0.3 is 0 Å². The number of para-hydroxylation sites is 2. The fourth-order valence-corrected chi connectivity index (χ4v) is 10.1. The summed E-state index contributed by atoms with van der Waals surface area (Å²) in [6.45, 7) is 13.6. The molecule has 0 saturated carbocycles. The van der Waals surface area contributed by atoms with Crippen molar-refractivity contribution in [3.63, 3.8) is 0 Å². The van der Waals surface area contributed by atoms with E-state index in [-0.39, 0.29) is 10.8 Å². The second-order valence-electron chi connectivity index (χ2n) is 19.2. The summed E-state index contributed by atoms with van der Waals surface area (Å²) in [4.78, 5) is 0. The maximum absolute atomic E-state index is 6.74. The second kappa shape index (κ2) is 12.2. The number of hydrogen-bond donors (Lipinski definition) is 1. The van der Waals surface area contributed by atoms with Crippen molar-refractivity contribution in [3.05, 3.63) is 151 Å². The van der Waals surface area contributed by atoms with Gasteiger partial charge in [-0.05, 0) is 93.6 Å². The number of nitrogens with zero attached hydrogens (tertiary/aromatic N) is 1. The van der Waals surface area contributed by atoms with Crippen LogP contribution in [0.4, 0.5) is 11.4 Å². The van der Waals surface area contributed by atoms with E-state index in [4.69, 9.17) is 13.3 Å². The monoisotopic (exact) mass is 801 g/mol. The topological polar surface area (TPSA) is 56.4 Å². The van der Waals surface area contributed by atoms with E-state index in [0.29, 0.717) is 0 Å². The molecule has 1 aliphatic heterocycles. The molecule has 0 fully saturated rings. The van der Waals surface area contributed by atoms with Crippen LogP contribution in [0.5, 0.6) is 0 Å². The Bertz CT molecular complexity index is 3880. The summed E-state index contributed by atoms with van der Waals surface area (Å²) in [6, 6.07) is 50.3. The van der Waals surface area contributed by atoms with Crippen molar-refractivity contribution in [2.75, 3.05) is 5.32 Å². The highest BCUT2D eigenvalue weighted by atomic mass is 16.3. The smallest absolute Gasteiger partial charge is 0.197 e. The first-order valence-corrected chi connectivity index (χ1v) is 21.6. The minimum Gasteiger partial charge on any atom is -0.456 e. The summed E-state index contributed by atoms with van der Waals surface area (Å²) in [6.07, 6.45) is 0. The first kappa shape index (κ1) is 35.6. The van der Waals surface area contributed by atoms with Crippen LogP contribution < -0.4 is 16.2 Å². The zero-order valence-corrected chi connectivity index (χ0v) is 35.5. The van der Waals surface area contributed by atoms with E-state index in [0.717, 1.165) is 116 Å². The Kier molecular flexibility index (Phi) is 7.02. The number of nitrogens with one attached hydrogen (secondary N) is 1.